The number of halogens is 1. The van der Waals surface area contributed by atoms with E-state index in [0.29, 0.717) is 12.5 Å². The van der Waals surface area contributed by atoms with Crippen molar-refractivity contribution in [2.75, 3.05) is 6.61 Å². The van der Waals surface area contributed by atoms with Gasteiger partial charge in [0.15, 0.2) is 5.56 Å². The summed E-state index contributed by atoms with van der Waals surface area (Å²) in [5.74, 6) is 0.631. The van der Waals surface area contributed by atoms with Crippen LogP contribution in [-0.4, -0.2) is 18.3 Å². The van der Waals surface area contributed by atoms with E-state index in [1.165, 1.54) is 0 Å². The van der Waals surface area contributed by atoms with Crippen LogP contribution in [-0.2, 0) is 9.47 Å². The van der Waals surface area contributed by atoms with Crippen molar-refractivity contribution in [3.63, 3.8) is 0 Å². The predicted molar refractivity (Wildman–Crippen MR) is 51.8 cm³/mol. The highest BCUT2D eigenvalue weighted by Crippen LogP contribution is 2.04. The molecule has 1 atom stereocenters. The molecule has 0 fully saturated rings. The van der Waals surface area contributed by atoms with Gasteiger partial charge in [0.05, 0.1) is 6.61 Å². The highest BCUT2D eigenvalue weighted by atomic mass is 35.5. The molecule has 0 aromatic heterocycles. The number of carbonyl (C=O) groups is 1. The van der Waals surface area contributed by atoms with Crippen LogP contribution in [0.5, 0.6) is 0 Å². The Bertz CT molecular complexity index is 146. The molecular formula is C9H17ClO3. The largest absolute Gasteiger partial charge is 0.509 e. The summed E-state index contributed by atoms with van der Waals surface area (Å²) in [5.41, 5.74) is -0.627. The fraction of sp³-hybridized carbons (Fsp3) is 0.889. The minimum absolute atomic E-state index is 0.403. The van der Waals surface area contributed by atoms with E-state index < -0.39 is 11.7 Å². The van der Waals surface area contributed by atoms with E-state index >= 15 is 0 Å². The van der Waals surface area contributed by atoms with Gasteiger partial charge in [0.2, 0.25) is 0 Å². The number of hydrogen-bond donors (Lipinski definition) is 0. The highest BCUT2D eigenvalue weighted by molar-refractivity contribution is 6.19. The van der Waals surface area contributed by atoms with Crippen LogP contribution in [0.25, 0.3) is 0 Å². The van der Waals surface area contributed by atoms with Crippen LogP contribution in [0.4, 0.5) is 4.79 Å². The lowest BCUT2D eigenvalue weighted by Gasteiger charge is -2.07. The molecule has 0 heterocycles. The van der Waals surface area contributed by atoms with Crippen molar-refractivity contribution in [2.24, 2.45) is 5.92 Å². The molecule has 0 aliphatic carbocycles. The number of alkyl halides is 1. The Labute approximate surface area is 84.4 Å². The van der Waals surface area contributed by atoms with Crippen LogP contribution in [0.15, 0.2) is 0 Å². The molecule has 0 saturated heterocycles. The summed E-state index contributed by atoms with van der Waals surface area (Å²) in [6.45, 7) is 6.22. The Morgan fingerprint density at radius 2 is 2.00 bits per heavy atom. The van der Waals surface area contributed by atoms with Gasteiger partial charge in [0, 0.05) is 0 Å². The van der Waals surface area contributed by atoms with E-state index in [1.807, 2.05) is 0 Å². The van der Waals surface area contributed by atoms with Crippen LogP contribution in [0.2, 0.25) is 0 Å². The summed E-state index contributed by atoms with van der Waals surface area (Å²) in [6.07, 6.45) is 1.22. The number of rotatable bonds is 5. The minimum atomic E-state index is -0.689. The minimum Gasteiger partial charge on any atom is -0.434 e. The third-order valence-electron chi connectivity index (χ3n) is 1.40. The highest BCUT2D eigenvalue weighted by Gasteiger charge is 2.06. The van der Waals surface area contributed by atoms with Gasteiger partial charge < -0.3 is 9.47 Å². The van der Waals surface area contributed by atoms with Crippen molar-refractivity contribution in [3.8, 4) is 0 Å². The molecule has 0 radical (unpaired) electrons. The quantitative estimate of drug-likeness (QED) is 0.396. The standard InChI is InChI=1S/C9H17ClO3/c1-7(2)5-4-6-12-9(11)13-8(3)10/h7-8H,4-6H2,1-3H3. The van der Waals surface area contributed by atoms with E-state index in [2.05, 4.69) is 18.6 Å². The first-order valence-electron chi connectivity index (χ1n) is 4.50. The van der Waals surface area contributed by atoms with E-state index in [9.17, 15) is 4.79 Å². The van der Waals surface area contributed by atoms with Crippen molar-refractivity contribution < 1.29 is 14.3 Å². The molecule has 0 bridgehead atoms. The monoisotopic (exact) mass is 208 g/mol. The molecule has 0 aliphatic heterocycles. The molecule has 4 heteroatoms. The Hall–Kier alpha value is -0.440. The molecule has 0 saturated carbocycles. The molecule has 13 heavy (non-hydrogen) atoms. The molecule has 78 valence electrons. The van der Waals surface area contributed by atoms with E-state index in [1.54, 1.807) is 6.92 Å². The lowest BCUT2D eigenvalue weighted by molar-refractivity contribution is 0.0481. The smallest absolute Gasteiger partial charge is 0.434 e. The van der Waals surface area contributed by atoms with Crippen molar-refractivity contribution in [1.29, 1.82) is 0 Å². The zero-order valence-corrected chi connectivity index (χ0v) is 9.13. The summed E-state index contributed by atoms with van der Waals surface area (Å²) in [7, 11) is 0. The van der Waals surface area contributed by atoms with Gasteiger partial charge in [0.25, 0.3) is 0 Å². The first kappa shape index (κ1) is 12.6. The second-order valence-corrected chi connectivity index (χ2v) is 3.91. The maximum Gasteiger partial charge on any atom is 0.509 e. The van der Waals surface area contributed by atoms with Gasteiger partial charge in [-0.1, -0.05) is 25.4 Å². The summed E-state index contributed by atoms with van der Waals surface area (Å²) in [6, 6.07) is 0. The van der Waals surface area contributed by atoms with Crippen LogP contribution < -0.4 is 0 Å². The maximum atomic E-state index is 10.8. The first-order chi connectivity index (χ1) is 6.02. The topological polar surface area (TPSA) is 35.5 Å². The van der Waals surface area contributed by atoms with E-state index in [-0.39, 0.29) is 0 Å². The third-order valence-corrected chi connectivity index (χ3v) is 1.49. The van der Waals surface area contributed by atoms with Crippen molar-refractivity contribution in [1.82, 2.24) is 0 Å². The van der Waals surface area contributed by atoms with E-state index in [0.717, 1.165) is 12.8 Å². The molecular weight excluding hydrogens is 192 g/mol. The van der Waals surface area contributed by atoms with E-state index in [4.69, 9.17) is 16.3 Å². The van der Waals surface area contributed by atoms with Gasteiger partial charge in [0.1, 0.15) is 0 Å². The number of hydrogen-bond acceptors (Lipinski definition) is 3. The predicted octanol–water partition coefficient (Wildman–Crippen LogP) is 3.16. The van der Waals surface area contributed by atoms with Gasteiger partial charge in [-0.15, -0.1) is 0 Å². The molecule has 0 aromatic rings. The van der Waals surface area contributed by atoms with Crippen molar-refractivity contribution in [2.45, 2.75) is 39.2 Å². The van der Waals surface area contributed by atoms with Gasteiger partial charge in [-0.25, -0.2) is 4.79 Å². The van der Waals surface area contributed by atoms with Crippen LogP contribution in [0.1, 0.15) is 33.6 Å². The summed E-state index contributed by atoms with van der Waals surface area (Å²) < 4.78 is 9.32. The van der Waals surface area contributed by atoms with Gasteiger partial charge in [-0.05, 0) is 25.7 Å². The van der Waals surface area contributed by atoms with Gasteiger partial charge in [-0.2, -0.15) is 0 Å². The van der Waals surface area contributed by atoms with Crippen LogP contribution >= 0.6 is 11.6 Å². The average Bonchev–Trinajstić information content (AvgIpc) is 1.96. The summed E-state index contributed by atoms with van der Waals surface area (Å²) in [5, 5.41) is 0. The van der Waals surface area contributed by atoms with Gasteiger partial charge in [-0.3, -0.25) is 0 Å². The normalized spacial score (nSPS) is 12.7. The Kier molecular flexibility index (Phi) is 6.77. The second-order valence-electron chi connectivity index (χ2n) is 3.30. The number of ether oxygens (including phenoxy) is 2. The molecule has 0 N–H and O–H groups in total. The SMILES string of the molecule is CC(C)CCCOC(=O)OC(C)Cl. The fourth-order valence-corrected chi connectivity index (χ4v) is 0.886. The lowest BCUT2D eigenvalue weighted by atomic mass is 10.1. The summed E-state index contributed by atoms with van der Waals surface area (Å²) >= 11 is 5.41. The molecule has 0 aromatic carbocycles. The Balaban J connectivity index is 3.27. The van der Waals surface area contributed by atoms with Crippen molar-refractivity contribution >= 4 is 17.8 Å². The zero-order valence-electron chi connectivity index (χ0n) is 8.38. The molecule has 0 amide bonds. The number of carbonyl (C=O) groups excluding carboxylic acids is 1. The molecule has 0 aliphatic rings. The van der Waals surface area contributed by atoms with Crippen LogP contribution in [0.3, 0.4) is 0 Å². The molecule has 0 rings (SSSR count). The second kappa shape index (κ2) is 7.01. The molecule has 3 nitrogen and oxygen atoms in total. The third kappa shape index (κ3) is 9.47. The zero-order chi connectivity index (χ0) is 10.3. The van der Waals surface area contributed by atoms with Gasteiger partial charge >= 0.3 is 6.16 Å². The summed E-state index contributed by atoms with van der Waals surface area (Å²) in [4.78, 5) is 10.8. The fourth-order valence-electron chi connectivity index (χ4n) is 0.814. The average molecular weight is 209 g/mol. The van der Waals surface area contributed by atoms with Crippen LogP contribution in [0, 0.1) is 5.92 Å². The maximum absolute atomic E-state index is 10.8. The lowest BCUT2D eigenvalue weighted by Crippen LogP contribution is -2.12. The first-order valence-corrected chi connectivity index (χ1v) is 4.93. The Morgan fingerprint density at radius 3 is 2.46 bits per heavy atom. The molecule has 0 spiro atoms. The van der Waals surface area contributed by atoms with Crippen molar-refractivity contribution in [3.05, 3.63) is 0 Å². The Morgan fingerprint density at radius 1 is 1.38 bits per heavy atom. The molecule has 1 unspecified atom stereocenters.